The number of unbranched alkanes of at least 4 members (excludes halogenated alkanes) is 1. The normalized spacial score (nSPS) is 21.7. The number of aliphatic imine (C=N–C) groups is 1. The molecule has 2 fully saturated rings. The maximum Gasteiger partial charge on any atom is 0.191 e. The van der Waals surface area contributed by atoms with Gasteiger partial charge in [-0.2, -0.15) is 0 Å². The first-order valence-corrected chi connectivity index (χ1v) is 9.84. The zero-order chi connectivity index (χ0) is 17.3. The van der Waals surface area contributed by atoms with E-state index in [9.17, 15) is 0 Å². The number of rotatable bonds is 7. The second kappa shape index (κ2) is 9.66. The molecule has 0 amide bonds. The minimum absolute atomic E-state index is 0.469. The highest BCUT2D eigenvalue weighted by molar-refractivity contribution is 5.80. The molecule has 1 aromatic carbocycles. The number of nitrogens with zero attached hydrogens (tertiary/aromatic N) is 3. The minimum Gasteiger partial charge on any atom is -0.369 e. The summed E-state index contributed by atoms with van der Waals surface area (Å²) < 4.78 is 0. The largest absolute Gasteiger partial charge is 0.369 e. The number of anilines is 1. The van der Waals surface area contributed by atoms with Gasteiger partial charge in [0.25, 0.3) is 0 Å². The fourth-order valence-corrected chi connectivity index (χ4v) is 3.81. The number of benzene rings is 1. The molecule has 5 heteroatoms. The third-order valence-corrected chi connectivity index (χ3v) is 5.27. The van der Waals surface area contributed by atoms with E-state index in [1.165, 1.54) is 51.0 Å². The lowest BCUT2D eigenvalue weighted by Crippen LogP contribution is -2.44. The second-order valence-electron chi connectivity index (χ2n) is 7.17. The Labute approximate surface area is 152 Å². The van der Waals surface area contributed by atoms with Crippen molar-refractivity contribution in [3.8, 4) is 0 Å². The Kier molecular flexibility index (Phi) is 6.98. The molecule has 2 aliphatic rings. The predicted octanol–water partition coefficient (Wildman–Crippen LogP) is 2.31. The second-order valence-corrected chi connectivity index (χ2v) is 7.17. The minimum atomic E-state index is 0.469. The van der Waals surface area contributed by atoms with Crippen molar-refractivity contribution < 1.29 is 0 Å². The Hall–Kier alpha value is -1.75. The Morgan fingerprint density at radius 2 is 1.92 bits per heavy atom. The quantitative estimate of drug-likeness (QED) is 0.453. The van der Waals surface area contributed by atoms with Crippen LogP contribution in [0.3, 0.4) is 0 Å². The van der Waals surface area contributed by atoms with E-state index in [4.69, 9.17) is 0 Å². The van der Waals surface area contributed by atoms with Gasteiger partial charge in [0.15, 0.2) is 5.96 Å². The fraction of sp³-hybridized carbons (Fsp3) is 0.650. The standard InChI is InChI=1S/C20H33N5/c1-21-20(22-12-5-6-13-24-14-7-8-15-24)23-18-11-16-25(17-18)19-9-3-2-4-10-19/h2-4,9-10,18H,5-8,11-17H2,1H3,(H2,21,22,23). The highest BCUT2D eigenvalue weighted by Gasteiger charge is 2.23. The monoisotopic (exact) mass is 343 g/mol. The van der Waals surface area contributed by atoms with E-state index < -0.39 is 0 Å². The topological polar surface area (TPSA) is 42.9 Å². The molecular weight excluding hydrogens is 310 g/mol. The van der Waals surface area contributed by atoms with E-state index in [2.05, 4.69) is 55.8 Å². The van der Waals surface area contributed by atoms with Gasteiger partial charge in [0, 0.05) is 38.4 Å². The first kappa shape index (κ1) is 18.1. The summed E-state index contributed by atoms with van der Waals surface area (Å²) in [7, 11) is 1.86. The molecule has 5 nitrogen and oxygen atoms in total. The Morgan fingerprint density at radius 3 is 2.68 bits per heavy atom. The molecule has 1 unspecified atom stereocenters. The summed E-state index contributed by atoms with van der Waals surface area (Å²) in [6, 6.07) is 11.1. The molecule has 2 N–H and O–H groups in total. The maximum atomic E-state index is 4.39. The number of para-hydroxylation sites is 1. The van der Waals surface area contributed by atoms with Crippen LogP contribution in [0.4, 0.5) is 5.69 Å². The molecule has 138 valence electrons. The molecule has 0 radical (unpaired) electrons. The summed E-state index contributed by atoms with van der Waals surface area (Å²) in [5, 5.41) is 7.06. The molecule has 2 saturated heterocycles. The van der Waals surface area contributed by atoms with Gasteiger partial charge in [0.2, 0.25) is 0 Å². The molecule has 0 saturated carbocycles. The number of guanidine groups is 1. The maximum absolute atomic E-state index is 4.39. The molecule has 2 aliphatic heterocycles. The van der Waals surface area contributed by atoms with Gasteiger partial charge in [-0.25, -0.2) is 0 Å². The van der Waals surface area contributed by atoms with Crippen LogP contribution in [0.25, 0.3) is 0 Å². The van der Waals surface area contributed by atoms with Gasteiger partial charge in [0.1, 0.15) is 0 Å². The van der Waals surface area contributed by atoms with E-state index in [0.717, 1.165) is 32.0 Å². The van der Waals surface area contributed by atoms with E-state index in [0.29, 0.717) is 6.04 Å². The van der Waals surface area contributed by atoms with Crippen LogP contribution in [0, 0.1) is 0 Å². The van der Waals surface area contributed by atoms with Gasteiger partial charge in [-0.1, -0.05) is 18.2 Å². The molecule has 0 bridgehead atoms. The Bertz CT molecular complexity index is 524. The summed E-state index contributed by atoms with van der Waals surface area (Å²) >= 11 is 0. The van der Waals surface area contributed by atoms with Crippen LogP contribution in [0.1, 0.15) is 32.1 Å². The fourth-order valence-electron chi connectivity index (χ4n) is 3.81. The third-order valence-electron chi connectivity index (χ3n) is 5.27. The van der Waals surface area contributed by atoms with Crippen LogP contribution in [0.15, 0.2) is 35.3 Å². The average molecular weight is 344 g/mol. The van der Waals surface area contributed by atoms with Crippen molar-refractivity contribution in [3.05, 3.63) is 30.3 Å². The van der Waals surface area contributed by atoms with Gasteiger partial charge in [-0.3, -0.25) is 4.99 Å². The van der Waals surface area contributed by atoms with E-state index in [-0.39, 0.29) is 0 Å². The van der Waals surface area contributed by atoms with Crippen molar-refractivity contribution in [2.45, 2.75) is 38.1 Å². The van der Waals surface area contributed by atoms with Gasteiger partial charge in [-0.15, -0.1) is 0 Å². The lowest BCUT2D eigenvalue weighted by molar-refractivity contribution is 0.330. The van der Waals surface area contributed by atoms with Gasteiger partial charge < -0.3 is 20.4 Å². The zero-order valence-electron chi connectivity index (χ0n) is 15.6. The van der Waals surface area contributed by atoms with Gasteiger partial charge in [-0.05, 0) is 63.9 Å². The molecular formula is C20H33N5. The van der Waals surface area contributed by atoms with E-state index >= 15 is 0 Å². The molecule has 0 aliphatic carbocycles. The predicted molar refractivity (Wildman–Crippen MR) is 106 cm³/mol. The Morgan fingerprint density at radius 1 is 1.12 bits per heavy atom. The van der Waals surface area contributed by atoms with Gasteiger partial charge >= 0.3 is 0 Å². The van der Waals surface area contributed by atoms with Crippen LogP contribution in [-0.2, 0) is 0 Å². The Balaban J connectivity index is 1.32. The summed E-state index contributed by atoms with van der Waals surface area (Å²) in [5.74, 6) is 0.945. The van der Waals surface area contributed by atoms with Crippen LogP contribution in [-0.4, -0.2) is 63.2 Å². The van der Waals surface area contributed by atoms with Gasteiger partial charge in [0.05, 0.1) is 0 Å². The zero-order valence-corrected chi connectivity index (χ0v) is 15.6. The smallest absolute Gasteiger partial charge is 0.191 e. The van der Waals surface area contributed by atoms with E-state index in [1.807, 2.05) is 7.05 Å². The highest BCUT2D eigenvalue weighted by Crippen LogP contribution is 2.19. The summed E-state index contributed by atoms with van der Waals surface area (Å²) in [4.78, 5) is 9.42. The van der Waals surface area contributed by atoms with Crippen molar-refractivity contribution >= 4 is 11.6 Å². The molecule has 25 heavy (non-hydrogen) atoms. The SMILES string of the molecule is CN=C(NCCCCN1CCCC1)NC1CCN(c2ccccc2)C1. The summed E-state index contributed by atoms with van der Waals surface area (Å²) in [5.41, 5.74) is 1.32. The van der Waals surface area contributed by atoms with Crippen LogP contribution < -0.4 is 15.5 Å². The van der Waals surface area contributed by atoms with Crippen LogP contribution in [0.5, 0.6) is 0 Å². The summed E-state index contributed by atoms with van der Waals surface area (Å²) in [6.45, 7) is 7.01. The number of hydrogen-bond acceptors (Lipinski definition) is 3. The molecule has 0 spiro atoms. The van der Waals surface area contributed by atoms with Crippen molar-refractivity contribution in [3.63, 3.8) is 0 Å². The number of hydrogen-bond donors (Lipinski definition) is 2. The average Bonchev–Trinajstić information content (AvgIpc) is 3.33. The molecule has 3 rings (SSSR count). The van der Waals surface area contributed by atoms with Crippen molar-refractivity contribution in [2.24, 2.45) is 4.99 Å². The van der Waals surface area contributed by atoms with Crippen molar-refractivity contribution in [1.29, 1.82) is 0 Å². The van der Waals surface area contributed by atoms with Crippen LogP contribution in [0.2, 0.25) is 0 Å². The number of nitrogens with one attached hydrogen (secondary N) is 2. The first-order chi connectivity index (χ1) is 12.3. The lowest BCUT2D eigenvalue weighted by Gasteiger charge is -2.20. The van der Waals surface area contributed by atoms with Crippen molar-refractivity contribution in [2.75, 3.05) is 51.2 Å². The number of likely N-dealkylation sites (tertiary alicyclic amines) is 1. The molecule has 1 aromatic rings. The van der Waals surface area contributed by atoms with Crippen LogP contribution >= 0.6 is 0 Å². The molecule has 2 heterocycles. The molecule has 0 aromatic heterocycles. The highest BCUT2D eigenvalue weighted by atomic mass is 15.2. The van der Waals surface area contributed by atoms with Crippen molar-refractivity contribution in [1.82, 2.24) is 15.5 Å². The first-order valence-electron chi connectivity index (χ1n) is 9.84. The summed E-state index contributed by atoms with van der Waals surface area (Å²) in [6.07, 6.45) is 6.41. The third kappa shape index (κ3) is 5.63. The van der Waals surface area contributed by atoms with E-state index in [1.54, 1.807) is 0 Å². The lowest BCUT2D eigenvalue weighted by atomic mass is 10.2. The molecule has 1 atom stereocenters.